The predicted molar refractivity (Wildman–Crippen MR) is 99.4 cm³/mol. The van der Waals surface area contributed by atoms with E-state index < -0.39 is 0 Å². The van der Waals surface area contributed by atoms with Crippen LogP contribution >= 0.6 is 11.3 Å². The van der Waals surface area contributed by atoms with E-state index in [4.69, 9.17) is 0 Å². The highest BCUT2D eigenvalue weighted by molar-refractivity contribution is 7.07. The third kappa shape index (κ3) is 3.40. The van der Waals surface area contributed by atoms with E-state index in [1.807, 2.05) is 22.1 Å². The van der Waals surface area contributed by atoms with E-state index in [0.717, 1.165) is 32.4 Å². The Balaban J connectivity index is 1.34. The monoisotopic (exact) mass is 372 g/mol. The molecule has 26 heavy (non-hydrogen) atoms. The Morgan fingerprint density at radius 2 is 2.19 bits per heavy atom. The molecule has 0 bridgehead atoms. The molecule has 1 unspecified atom stereocenters. The lowest BCUT2D eigenvalue weighted by atomic mass is 9.92. The summed E-state index contributed by atoms with van der Waals surface area (Å²) in [5.41, 5.74) is 1.42. The zero-order chi connectivity index (χ0) is 18.1. The van der Waals surface area contributed by atoms with E-state index >= 15 is 0 Å². The van der Waals surface area contributed by atoms with Crippen LogP contribution in [-0.4, -0.2) is 50.5 Å². The molecule has 2 amide bonds. The van der Waals surface area contributed by atoms with Crippen molar-refractivity contribution < 1.29 is 9.59 Å². The predicted octanol–water partition coefficient (Wildman–Crippen LogP) is 2.37. The third-order valence-corrected chi connectivity index (χ3v) is 6.56. The maximum absolute atomic E-state index is 12.4. The fourth-order valence-corrected chi connectivity index (χ4v) is 4.82. The second-order valence-electron chi connectivity index (χ2n) is 7.45. The Hall–Kier alpha value is -2.15. The van der Waals surface area contributed by atoms with Crippen molar-refractivity contribution in [2.75, 3.05) is 13.1 Å². The van der Waals surface area contributed by atoms with Gasteiger partial charge in [-0.1, -0.05) is 0 Å². The van der Waals surface area contributed by atoms with Crippen LogP contribution in [-0.2, 0) is 22.7 Å². The molecule has 3 heterocycles. The normalized spacial score (nSPS) is 21.0. The molecule has 7 heteroatoms. The number of hydrogen-bond donors (Lipinski definition) is 0. The molecule has 2 aliphatic rings. The molecule has 6 nitrogen and oxygen atoms in total. The molecule has 1 saturated carbocycles. The average molecular weight is 372 g/mol. The molecule has 2 fully saturated rings. The fraction of sp³-hybridized carbons (Fsp3) is 0.526. The molecule has 0 radical (unpaired) electrons. The van der Waals surface area contributed by atoms with Crippen molar-refractivity contribution in [2.45, 2.75) is 45.3 Å². The highest BCUT2D eigenvalue weighted by Crippen LogP contribution is 2.57. The molecule has 1 aliphatic heterocycles. The molecule has 2 aromatic rings. The van der Waals surface area contributed by atoms with Crippen LogP contribution in [0.2, 0.25) is 0 Å². The Morgan fingerprint density at radius 1 is 1.38 bits per heavy atom. The minimum atomic E-state index is 0.127. The van der Waals surface area contributed by atoms with Crippen molar-refractivity contribution in [2.24, 2.45) is 5.41 Å². The zero-order valence-electron chi connectivity index (χ0n) is 15.0. The van der Waals surface area contributed by atoms with Gasteiger partial charge in [-0.2, -0.15) is 16.4 Å². The number of carbonyl (C=O) groups excluding carboxylic acids is 2. The van der Waals surface area contributed by atoms with Gasteiger partial charge in [-0.25, -0.2) is 0 Å². The third-order valence-electron chi connectivity index (χ3n) is 5.83. The summed E-state index contributed by atoms with van der Waals surface area (Å²) >= 11 is 1.67. The number of rotatable bonds is 5. The minimum absolute atomic E-state index is 0.127. The molecule has 4 rings (SSSR count). The van der Waals surface area contributed by atoms with Gasteiger partial charge in [-0.15, -0.1) is 0 Å². The van der Waals surface area contributed by atoms with Crippen LogP contribution in [0.15, 0.2) is 35.3 Å². The van der Waals surface area contributed by atoms with Crippen molar-refractivity contribution in [1.82, 2.24) is 19.6 Å². The van der Waals surface area contributed by atoms with Crippen LogP contribution in [0, 0.1) is 5.41 Å². The van der Waals surface area contributed by atoms with Crippen LogP contribution in [0.3, 0.4) is 0 Å². The Bertz CT molecular complexity index is 764. The van der Waals surface area contributed by atoms with Crippen molar-refractivity contribution in [3.63, 3.8) is 0 Å². The van der Waals surface area contributed by atoms with Gasteiger partial charge in [-0.05, 0) is 53.1 Å². The van der Waals surface area contributed by atoms with E-state index in [-0.39, 0.29) is 17.2 Å². The summed E-state index contributed by atoms with van der Waals surface area (Å²) in [4.78, 5) is 28.6. The van der Waals surface area contributed by atoms with Crippen LogP contribution in [0.4, 0.5) is 0 Å². The Labute approximate surface area is 157 Å². The van der Waals surface area contributed by atoms with Crippen molar-refractivity contribution in [1.29, 1.82) is 0 Å². The van der Waals surface area contributed by atoms with Gasteiger partial charge in [0, 0.05) is 45.0 Å². The molecule has 138 valence electrons. The van der Waals surface area contributed by atoms with Gasteiger partial charge in [-0.3, -0.25) is 14.3 Å². The summed E-state index contributed by atoms with van der Waals surface area (Å²) in [7, 11) is 0. The second-order valence-corrected chi connectivity index (χ2v) is 8.23. The van der Waals surface area contributed by atoms with Crippen LogP contribution in [0.25, 0.3) is 0 Å². The summed E-state index contributed by atoms with van der Waals surface area (Å²) in [5.74, 6) is 0.276. The first-order valence-electron chi connectivity index (χ1n) is 9.11. The van der Waals surface area contributed by atoms with Crippen molar-refractivity contribution in [3.8, 4) is 0 Å². The lowest BCUT2D eigenvalue weighted by Gasteiger charge is -2.34. The van der Waals surface area contributed by atoms with Gasteiger partial charge in [0.1, 0.15) is 6.54 Å². The quantitative estimate of drug-likeness (QED) is 0.810. The Morgan fingerprint density at radius 3 is 2.81 bits per heavy atom. The molecule has 1 spiro atoms. The van der Waals surface area contributed by atoms with E-state index in [9.17, 15) is 9.59 Å². The molecular weight excluding hydrogens is 348 g/mol. The van der Waals surface area contributed by atoms with Gasteiger partial charge >= 0.3 is 0 Å². The van der Waals surface area contributed by atoms with Gasteiger partial charge in [0.25, 0.3) is 0 Å². The highest BCUT2D eigenvalue weighted by atomic mass is 32.1. The number of hydrogen-bond acceptors (Lipinski definition) is 4. The average Bonchev–Trinajstić information content (AvgIpc) is 3.05. The van der Waals surface area contributed by atoms with Crippen LogP contribution in [0.5, 0.6) is 0 Å². The number of likely N-dealkylation sites (tertiary alicyclic amines) is 1. The highest BCUT2D eigenvalue weighted by Gasteiger charge is 2.58. The molecule has 0 aromatic carbocycles. The van der Waals surface area contributed by atoms with Gasteiger partial charge in [0.2, 0.25) is 11.8 Å². The largest absolute Gasteiger partial charge is 0.341 e. The number of nitrogens with zero attached hydrogens (tertiary/aromatic N) is 4. The van der Waals surface area contributed by atoms with E-state index in [1.165, 1.54) is 5.56 Å². The lowest BCUT2D eigenvalue weighted by Crippen LogP contribution is -2.43. The van der Waals surface area contributed by atoms with Gasteiger partial charge in [0.15, 0.2) is 0 Å². The number of piperidine rings is 1. The van der Waals surface area contributed by atoms with E-state index in [2.05, 4.69) is 21.9 Å². The first-order valence-corrected chi connectivity index (χ1v) is 10.1. The summed E-state index contributed by atoms with van der Waals surface area (Å²) in [5, 5.41) is 8.28. The number of amides is 2. The summed E-state index contributed by atoms with van der Waals surface area (Å²) in [6.45, 7) is 4.23. The molecule has 1 saturated heterocycles. The second kappa shape index (κ2) is 6.87. The first-order chi connectivity index (χ1) is 12.6. The maximum Gasteiger partial charge on any atom is 0.244 e. The number of aromatic nitrogens is 2. The topological polar surface area (TPSA) is 58.4 Å². The van der Waals surface area contributed by atoms with Gasteiger partial charge in [0.05, 0.1) is 0 Å². The van der Waals surface area contributed by atoms with E-state index in [0.29, 0.717) is 19.1 Å². The first kappa shape index (κ1) is 17.3. The molecule has 0 N–H and O–H groups in total. The number of thiophene rings is 1. The molecule has 2 aromatic heterocycles. The zero-order valence-corrected chi connectivity index (χ0v) is 15.8. The van der Waals surface area contributed by atoms with Gasteiger partial charge < -0.3 is 9.80 Å². The Kier molecular flexibility index (Phi) is 4.56. The lowest BCUT2D eigenvalue weighted by molar-refractivity contribution is -0.135. The summed E-state index contributed by atoms with van der Waals surface area (Å²) in [6.07, 6.45) is 6.54. The van der Waals surface area contributed by atoms with E-state index in [1.54, 1.807) is 29.1 Å². The van der Waals surface area contributed by atoms with Crippen molar-refractivity contribution in [3.05, 3.63) is 40.8 Å². The summed E-state index contributed by atoms with van der Waals surface area (Å²) in [6, 6.07) is 4.24. The molecular formula is C19H24N4O2S. The smallest absolute Gasteiger partial charge is 0.244 e. The van der Waals surface area contributed by atoms with Crippen molar-refractivity contribution >= 4 is 23.2 Å². The van der Waals surface area contributed by atoms with Crippen LogP contribution in [0.1, 0.15) is 31.7 Å². The SMILES string of the molecule is CC(=O)N(Cc1ccsc1)C1CC12CCN(C(=O)Cn1cccn1)CC2. The maximum atomic E-state index is 12.4. The summed E-state index contributed by atoms with van der Waals surface area (Å²) < 4.78 is 1.67. The standard InChI is InChI=1S/C19H24N4O2S/c1-15(24)23(12-16-3-10-26-14-16)17-11-19(17)4-8-21(9-5-19)18(25)13-22-7-2-6-20-22/h2-3,6-7,10,14,17H,4-5,8-9,11-13H2,1H3. The fourth-order valence-electron chi connectivity index (χ4n) is 4.16. The molecule has 1 atom stereocenters. The number of carbonyl (C=O) groups is 2. The van der Waals surface area contributed by atoms with Crippen LogP contribution < -0.4 is 0 Å². The molecule has 1 aliphatic carbocycles. The minimum Gasteiger partial charge on any atom is -0.341 e.